The molecule has 3 rings (SSSR count). The number of aliphatic hydroxyl groups excluding tert-OH is 1. The molecule has 23 heavy (non-hydrogen) atoms. The van der Waals surface area contributed by atoms with Crippen molar-refractivity contribution < 1.29 is 14.4 Å². The summed E-state index contributed by atoms with van der Waals surface area (Å²) in [6.45, 7) is 5.92. The SMILES string of the molecule is CN1C(=O)[C@H](O)[C@H](c2nc(C(C)(C)C)no2)[C@H]1c1cnn(C)c1. The lowest BCUT2D eigenvalue weighted by molar-refractivity contribution is -0.134. The molecule has 3 heterocycles. The lowest BCUT2D eigenvalue weighted by atomic mass is 9.93. The average Bonchev–Trinajstić information content (AvgIpc) is 3.14. The molecule has 0 aliphatic carbocycles. The van der Waals surface area contributed by atoms with Gasteiger partial charge in [0, 0.05) is 31.3 Å². The van der Waals surface area contributed by atoms with Gasteiger partial charge in [0.15, 0.2) is 5.82 Å². The summed E-state index contributed by atoms with van der Waals surface area (Å²) in [4.78, 5) is 18.2. The van der Waals surface area contributed by atoms with Crippen molar-refractivity contribution in [2.24, 2.45) is 7.05 Å². The molecule has 2 aromatic heterocycles. The highest BCUT2D eigenvalue weighted by atomic mass is 16.5. The summed E-state index contributed by atoms with van der Waals surface area (Å²) >= 11 is 0. The second-order valence-corrected chi connectivity index (χ2v) is 7.02. The number of rotatable bonds is 2. The van der Waals surface area contributed by atoms with E-state index in [0.29, 0.717) is 5.82 Å². The van der Waals surface area contributed by atoms with E-state index in [0.717, 1.165) is 5.56 Å². The van der Waals surface area contributed by atoms with E-state index in [4.69, 9.17) is 4.52 Å². The smallest absolute Gasteiger partial charge is 0.252 e. The van der Waals surface area contributed by atoms with Crippen LogP contribution in [0, 0.1) is 0 Å². The van der Waals surface area contributed by atoms with Crippen molar-refractivity contribution in [2.45, 2.75) is 44.2 Å². The number of likely N-dealkylation sites (tertiary alicyclic amines) is 1. The highest BCUT2D eigenvalue weighted by molar-refractivity contribution is 5.85. The minimum absolute atomic E-state index is 0.272. The third-order valence-corrected chi connectivity index (χ3v) is 4.16. The van der Waals surface area contributed by atoms with Crippen molar-refractivity contribution in [3.05, 3.63) is 29.7 Å². The van der Waals surface area contributed by atoms with E-state index >= 15 is 0 Å². The quantitative estimate of drug-likeness (QED) is 0.877. The van der Waals surface area contributed by atoms with Crippen LogP contribution in [0.3, 0.4) is 0 Å². The van der Waals surface area contributed by atoms with Crippen molar-refractivity contribution >= 4 is 5.91 Å². The van der Waals surface area contributed by atoms with Crippen LogP contribution in [0.25, 0.3) is 0 Å². The Balaban J connectivity index is 2.03. The Labute approximate surface area is 134 Å². The monoisotopic (exact) mass is 319 g/mol. The first-order chi connectivity index (χ1) is 10.7. The molecule has 0 saturated carbocycles. The first-order valence-corrected chi connectivity index (χ1v) is 7.47. The van der Waals surface area contributed by atoms with E-state index in [1.807, 2.05) is 27.0 Å². The molecule has 0 radical (unpaired) electrons. The molecular formula is C15H21N5O3. The van der Waals surface area contributed by atoms with Gasteiger partial charge in [0.25, 0.3) is 5.91 Å². The lowest BCUT2D eigenvalue weighted by Gasteiger charge is -2.21. The summed E-state index contributed by atoms with van der Waals surface area (Å²) in [5.74, 6) is -0.153. The predicted octanol–water partition coefficient (Wildman–Crippen LogP) is 0.758. The Hall–Kier alpha value is -2.22. The highest BCUT2D eigenvalue weighted by Crippen LogP contribution is 2.43. The molecule has 0 unspecified atom stereocenters. The van der Waals surface area contributed by atoms with Crippen molar-refractivity contribution in [1.82, 2.24) is 24.8 Å². The predicted molar refractivity (Wildman–Crippen MR) is 80.5 cm³/mol. The molecule has 0 bridgehead atoms. The Kier molecular flexibility index (Phi) is 3.51. The minimum atomic E-state index is -1.21. The second kappa shape index (κ2) is 5.16. The Morgan fingerprint density at radius 2 is 2.00 bits per heavy atom. The molecule has 1 fully saturated rings. The largest absolute Gasteiger partial charge is 0.382 e. The molecular weight excluding hydrogens is 298 g/mol. The van der Waals surface area contributed by atoms with E-state index in [1.54, 1.807) is 25.0 Å². The minimum Gasteiger partial charge on any atom is -0.382 e. The number of nitrogens with zero attached hydrogens (tertiary/aromatic N) is 5. The molecule has 1 aliphatic heterocycles. The van der Waals surface area contributed by atoms with Gasteiger partial charge in [-0.25, -0.2) is 0 Å². The number of aliphatic hydroxyl groups is 1. The van der Waals surface area contributed by atoms with Crippen LogP contribution in [-0.4, -0.2) is 49.0 Å². The molecule has 1 amide bonds. The number of hydrogen-bond donors (Lipinski definition) is 1. The van der Waals surface area contributed by atoms with Crippen LogP contribution in [0.2, 0.25) is 0 Å². The third kappa shape index (κ3) is 2.52. The topological polar surface area (TPSA) is 97.3 Å². The molecule has 8 heteroatoms. The third-order valence-electron chi connectivity index (χ3n) is 4.16. The zero-order valence-electron chi connectivity index (χ0n) is 13.9. The van der Waals surface area contributed by atoms with Crippen molar-refractivity contribution in [2.75, 3.05) is 7.05 Å². The summed E-state index contributed by atoms with van der Waals surface area (Å²) in [7, 11) is 3.46. The number of aromatic nitrogens is 4. The summed E-state index contributed by atoms with van der Waals surface area (Å²) in [5, 5.41) is 18.5. The van der Waals surface area contributed by atoms with Gasteiger partial charge in [-0.2, -0.15) is 10.1 Å². The fraction of sp³-hybridized carbons (Fsp3) is 0.600. The number of hydrogen-bond acceptors (Lipinski definition) is 6. The molecule has 1 saturated heterocycles. The van der Waals surface area contributed by atoms with Gasteiger partial charge in [0.2, 0.25) is 5.89 Å². The van der Waals surface area contributed by atoms with Crippen LogP contribution in [0.1, 0.15) is 50.0 Å². The van der Waals surface area contributed by atoms with Crippen LogP contribution in [-0.2, 0) is 17.3 Å². The van der Waals surface area contributed by atoms with Crippen LogP contribution in [0.4, 0.5) is 0 Å². The fourth-order valence-electron chi connectivity index (χ4n) is 2.88. The van der Waals surface area contributed by atoms with Gasteiger partial charge >= 0.3 is 0 Å². The van der Waals surface area contributed by atoms with E-state index in [2.05, 4.69) is 15.2 Å². The number of carbonyl (C=O) groups excluding carboxylic acids is 1. The van der Waals surface area contributed by atoms with Gasteiger partial charge in [0.1, 0.15) is 6.10 Å². The molecule has 1 aliphatic rings. The zero-order chi connectivity index (χ0) is 16.9. The van der Waals surface area contributed by atoms with E-state index < -0.39 is 12.0 Å². The fourth-order valence-corrected chi connectivity index (χ4v) is 2.88. The number of amides is 1. The molecule has 2 aromatic rings. The Morgan fingerprint density at radius 1 is 1.30 bits per heavy atom. The van der Waals surface area contributed by atoms with Gasteiger partial charge in [-0.3, -0.25) is 9.48 Å². The normalized spacial score (nSPS) is 25.4. The highest BCUT2D eigenvalue weighted by Gasteiger charge is 2.50. The first kappa shape index (κ1) is 15.7. The van der Waals surface area contributed by atoms with Crippen LogP contribution >= 0.6 is 0 Å². The maximum absolute atomic E-state index is 12.2. The lowest BCUT2D eigenvalue weighted by Crippen LogP contribution is -2.26. The maximum Gasteiger partial charge on any atom is 0.252 e. The van der Waals surface area contributed by atoms with Crippen molar-refractivity contribution in [1.29, 1.82) is 0 Å². The maximum atomic E-state index is 12.2. The Bertz CT molecular complexity index is 730. The van der Waals surface area contributed by atoms with Crippen molar-refractivity contribution in [3.8, 4) is 0 Å². The van der Waals surface area contributed by atoms with Crippen LogP contribution in [0.15, 0.2) is 16.9 Å². The number of carbonyl (C=O) groups is 1. The number of likely N-dealkylation sites (N-methyl/N-ethyl adjacent to an activating group) is 1. The van der Waals surface area contributed by atoms with E-state index in [9.17, 15) is 9.90 Å². The number of aryl methyl sites for hydroxylation is 1. The van der Waals surface area contributed by atoms with E-state index in [-0.39, 0.29) is 23.3 Å². The summed E-state index contributed by atoms with van der Waals surface area (Å²) in [5.41, 5.74) is 0.547. The van der Waals surface area contributed by atoms with Gasteiger partial charge in [-0.05, 0) is 0 Å². The van der Waals surface area contributed by atoms with E-state index in [1.165, 1.54) is 4.90 Å². The van der Waals surface area contributed by atoms with Gasteiger partial charge in [-0.15, -0.1) is 0 Å². The molecule has 0 aromatic carbocycles. The second-order valence-electron chi connectivity index (χ2n) is 7.02. The van der Waals surface area contributed by atoms with Crippen molar-refractivity contribution in [3.63, 3.8) is 0 Å². The van der Waals surface area contributed by atoms with Gasteiger partial charge in [-0.1, -0.05) is 25.9 Å². The Morgan fingerprint density at radius 3 is 2.52 bits per heavy atom. The molecule has 3 atom stereocenters. The van der Waals surface area contributed by atoms with Crippen LogP contribution in [0.5, 0.6) is 0 Å². The zero-order valence-corrected chi connectivity index (χ0v) is 13.9. The van der Waals surface area contributed by atoms with Gasteiger partial charge in [0.05, 0.1) is 18.2 Å². The summed E-state index contributed by atoms with van der Waals surface area (Å²) < 4.78 is 7.03. The summed E-state index contributed by atoms with van der Waals surface area (Å²) in [6, 6.07) is -0.389. The first-order valence-electron chi connectivity index (χ1n) is 7.47. The summed E-state index contributed by atoms with van der Waals surface area (Å²) in [6.07, 6.45) is 2.29. The standard InChI is InChI=1S/C15H21N5O3/c1-15(2,3)14-17-12(23-18-14)9-10(8-6-16-19(4)7-8)20(5)13(22)11(9)21/h6-7,9-11,21H,1-5H3/t9-,10-,11-/m1/s1. The molecule has 0 spiro atoms. The molecule has 8 nitrogen and oxygen atoms in total. The average molecular weight is 319 g/mol. The van der Waals surface area contributed by atoms with Gasteiger partial charge < -0.3 is 14.5 Å². The molecule has 124 valence electrons. The molecule has 1 N–H and O–H groups in total. The van der Waals surface area contributed by atoms with Crippen LogP contribution < -0.4 is 0 Å².